The number of nitrogens with zero attached hydrogens (tertiary/aromatic N) is 3. The minimum Gasteiger partial charge on any atom is -0.396 e. The maximum atomic E-state index is 8.61. The van der Waals surface area contributed by atoms with Crippen LogP contribution in [0.25, 0.3) is 0 Å². The van der Waals surface area contributed by atoms with E-state index in [-0.39, 0.29) is 0 Å². The van der Waals surface area contributed by atoms with E-state index in [1.54, 1.807) is 19.5 Å². The van der Waals surface area contributed by atoms with Gasteiger partial charge in [-0.2, -0.15) is 5.26 Å². The molecule has 1 heterocycles. The minimum atomic E-state index is 0.464. The highest BCUT2D eigenvalue weighted by molar-refractivity contribution is 5.65. The summed E-state index contributed by atoms with van der Waals surface area (Å²) in [5.74, 6) is 0. The van der Waals surface area contributed by atoms with Gasteiger partial charge < -0.3 is 15.4 Å². The van der Waals surface area contributed by atoms with Gasteiger partial charge in [0, 0.05) is 26.4 Å². The summed E-state index contributed by atoms with van der Waals surface area (Å²) in [5, 5.41) is 8.61. The second-order valence-corrected chi connectivity index (χ2v) is 3.32. The van der Waals surface area contributed by atoms with Gasteiger partial charge in [-0.1, -0.05) is 0 Å². The Hall–Kier alpha value is -1.80. The van der Waals surface area contributed by atoms with Crippen LogP contribution in [0.3, 0.4) is 0 Å². The molecule has 0 spiro atoms. The van der Waals surface area contributed by atoms with Crippen molar-refractivity contribution in [2.75, 3.05) is 37.4 Å². The summed E-state index contributed by atoms with van der Waals surface area (Å²) in [5.41, 5.74) is 7.36. The first-order valence-corrected chi connectivity index (χ1v) is 5.10. The number of nitrogen functional groups attached to an aromatic ring is 1. The molecule has 0 aliphatic rings. The summed E-state index contributed by atoms with van der Waals surface area (Å²) >= 11 is 0. The predicted molar refractivity (Wildman–Crippen MR) is 63.0 cm³/mol. The Balaban J connectivity index is 2.75. The van der Waals surface area contributed by atoms with Gasteiger partial charge in [-0.3, -0.25) is 4.98 Å². The van der Waals surface area contributed by atoms with Crippen LogP contribution in [0.2, 0.25) is 0 Å². The van der Waals surface area contributed by atoms with Crippen molar-refractivity contribution >= 4 is 11.4 Å². The van der Waals surface area contributed by atoms with Gasteiger partial charge in [-0.25, -0.2) is 0 Å². The maximum Gasteiger partial charge on any atom is 0.0738 e. The zero-order chi connectivity index (χ0) is 11.8. The molecule has 0 aliphatic heterocycles. The topological polar surface area (TPSA) is 75.2 Å². The molecule has 0 aliphatic carbocycles. The Bertz CT molecular complexity index is 361. The summed E-state index contributed by atoms with van der Waals surface area (Å²) in [6, 6.07) is 3.97. The molecule has 1 rings (SSSR count). The van der Waals surface area contributed by atoms with Crippen molar-refractivity contribution in [3.63, 3.8) is 0 Å². The normalized spacial score (nSPS) is 9.75. The number of hydrogen-bond donors (Lipinski definition) is 1. The van der Waals surface area contributed by atoms with E-state index in [2.05, 4.69) is 11.1 Å². The monoisotopic (exact) mass is 220 g/mol. The summed E-state index contributed by atoms with van der Waals surface area (Å²) in [7, 11) is 1.65. The van der Waals surface area contributed by atoms with Crippen LogP contribution in [0.4, 0.5) is 11.4 Å². The van der Waals surface area contributed by atoms with Crippen LogP contribution in [0.1, 0.15) is 6.42 Å². The molecule has 0 fully saturated rings. The molecule has 0 amide bonds. The van der Waals surface area contributed by atoms with Crippen LogP contribution in [-0.2, 0) is 4.74 Å². The van der Waals surface area contributed by atoms with Crippen LogP contribution >= 0.6 is 0 Å². The zero-order valence-corrected chi connectivity index (χ0v) is 9.39. The number of nitrogens with two attached hydrogens (primary N) is 1. The average Bonchev–Trinajstić information content (AvgIpc) is 2.31. The number of pyridine rings is 1. The molecule has 0 saturated heterocycles. The van der Waals surface area contributed by atoms with Crippen LogP contribution in [-0.4, -0.2) is 31.8 Å². The van der Waals surface area contributed by atoms with Crippen molar-refractivity contribution in [1.82, 2.24) is 4.98 Å². The molecule has 0 radical (unpaired) electrons. The van der Waals surface area contributed by atoms with E-state index in [4.69, 9.17) is 15.7 Å². The van der Waals surface area contributed by atoms with Gasteiger partial charge in [0.2, 0.25) is 0 Å². The van der Waals surface area contributed by atoms with Crippen molar-refractivity contribution < 1.29 is 4.74 Å². The first-order valence-electron chi connectivity index (χ1n) is 5.10. The summed E-state index contributed by atoms with van der Waals surface area (Å²) in [6.07, 6.45) is 3.77. The standard InChI is InChI=1S/C11H16N4O/c1-16-8-7-15(6-2-4-12)11-3-5-14-9-10(11)13/h3,5,9H,2,6-8,13H2,1H3. The van der Waals surface area contributed by atoms with Crippen molar-refractivity contribution in [3.8, 4) is 6.07 Å². The molecule has 0 unspecified atom stereocenters. The molecule has 0 atom stereocenters. The molecular formula is C11H16N4O. The largest absolute Gasteiger partial charge is 0.396 e. The third-order valence-corrected chi connectivity index (χ3v) is 2.23. The Morgan fingerprint density at radius 1 is 1.56 bits per heavy atom. The van der Waals surface area contributed by atoms with Gasteiger partial charge in [-0.05, 0) is 6.07 Å². The highest BCUT2D eigenvalue weighted by atomic mass is 16.5. The first kappa shape index (κ1) is 12.3. The lowest BCUT2D eigenvalue weighted by molar-refractivity contribution is 0.205. The van der Waals surface area contributed by atoms with E-state index < -0.39 is 0 Å². The molecule has 86 valence electrons. The van der Waals surface area contributed by atoms with Gasteiger partial charge in [0.25, 0.3) is 0 Å². The molecule has 0 bridgehead atoms. The zero-order valence-electron chi connectivity index (χ0n) is 9.39. The van der Waals surface area contributed by atoms with Crippen molar-refractivity contribution in [2.24, 2.45) is 0 Å². The van der Waals surface area contributed by atoms with Crippen LogP contribution in [0, 0.1) is 11.3 Å². The Morgan fingerprint density at radius 3 is 3.00 bits per heavy atom. The molecule has 0 saturated carbocycles. The fraction of sp³-hybridized carbons (Fsp3) is 0.455. The van der Waals surface area contributed by atoms with Gasteiger partial charge in [0.05, 0.1) is 36.7 Å². The van der Waals surface area contributed by atoms with Gasteiger partial charge in [-0.15, -0.1) is 0 Å². The second kappa shape index (κ2) is 6.64. The molecule has 5 heteroatoms. The summed E-state index contributed by atoms with van der Waals surface area (Å²) < 4.78 is 5.03. The smallest absolute Gasteiger partial charge is 0.0738 e. The van der Waals surface area contributed by atoms with Gasteiger partial charge in [0.15, 0.2) is 0 Å². The second-order valence-electron chi connectivity index (χ2n) is 3.32. The number of nitriles is 1. The Labute approximate surface area is 95.4 Å². The maximum absolute atomic E-state index is 8.61. The average molecular weight is 220 g/mol. The lowest BCUT2D eigenvalue weighted by Crippen LogP contribution is -2.28. The molecule has 0 aromatic carbocycles. The van der Waals surface area contributed by atoms with E-state index in [1.807, 2.05) is 11.0 Å². The summed E-state index contributed by atoms with van der Waals surface area (Å²) in [4.78, 5) is 5.97. The van der Waals surface area contributed by atoms with Crippen LogP contribution in [0.5, 0.6) is 0 Å². The van der Waals surface area contributed by atoms with E-state index in [0.29, 0.717) is 31.8 Å². The van der Waals surface area contributed by atoms with E-state index in [0.717, 1.165) is 5.69 Å². The molecule has 5 nitrogen and oxygen atoms in total. The number of anilines is 2. The van der Waals surface area contributed by atoms with E-state index >= 15 is 0 Å². The van der Waals surface area contributed by atoms with Crippen LogP contribution < -0.4 is 10.6 Å². The molecule has 1 aromatic rings. The molecular weight excluding hydrogens is 204 g/mol. The van der Waals surface area contributed by atoms with E-state index in [1.165, 1.54) is 0 Å². The molecule has 1 aromatic heterocycles. The fourth-order valence-electron chi connectivity index (χ4n) is 1.43. The van der Waals surface area contributed by atoms with Crippen molar-refractivity contribution in [2.45, 2.75) is 6.42 Å². The number of aromatic nitrogens is 1. The number of methoxy groups -OCH3 is 1. The third kappa shape index (κ3) is 3.41. The van der Waals surface area contributed by atoms with Crippen molar-refractivity contribution in [3.05, 3.63) is 18.5 Å². The Morgan fingerprint density at radius 2 is 2.38 bits per heavy atom. The molecule has 16 heavy (non-hydrogen) atoms. The first-order chi connectivity index (χ1) is 7.79. The van der Waals surface area contributed by atoms with E-state index in [9.17, 15) is 0 Å². The van der Waals surface area contributed by atoms with Crippen molar-refractivity contribution in [1.29, 1.82) is 5.26 Å². The van der Waals surface area contributed by atoms with Gasteiger partial charge >= 0.3 is 0 Å². The number of rotatable bonds is 6. The lowest BCUT2D eigenvalue weighted by atomic mass is 10.3. The van der Waals surface area contributed by atoms with Crippen LogP contribution in [0.15, 0.2) is 18.5 Å². The third-order valence-electron chi connectivity index (χ3n) is 2.23. The van der Waals surface area contributed by atoms with Gasteiger partial charge in [0.1, 0.15) is 0 Å². The quantitative estimate of drug-likeness (QED) is 0.775. The minimum absolute atomic E-state index is 0.464. The lowest BCUT2D eigenvalue weighted by Gasteiger charge is -2.24. The number of ether oxygens (including phenoxy) is 1. The predicted octanol–water partition coefficient (Wildman–Crippen LogP) is 1.03. The molecule has 2 N–H and O–H groups in total. The fourth-order valence-corrected chi connectivity index (χ4v) is 1.43. The highest BCUT2D eigenvalue weighted by Crippen LogP contribution is 2.21. The Kier molecular flexibility index (Phi) is 5.09. The highest BCUT2D eigenvalue weighted by Gasteiger charge is 2.08. The SMILES string of the molecule is COCCN(CCC#N)c1ccncc1N. The summed E-state index contributed by atoms with van der Waals surface area (Å²) in [6.45, 7) is 1.97. The number of hydrogen-bond acceptors (Lipinski definition) is 5.